The van der Waals surface area contributed by atoms with Gasteiger partial charge in [-0.3, -0.25) is 10.1 Å². The van der Waals surface area contributed by atoms with Crippen LogP contribution < -0.4 is 0 Å². The summed E-state index contributed by atoms with van der Waals surface area (Å²) in [5, 5.41) is 13.2. The Labute approximate surface area is 86.4 Å². The van der Waals surface area contributed by atoms with Gasteiger partial charge in [0.1, 0.15) is 5.01 Å². The maximum atomic E-state index is 10.7. The first-order valence-electron chi connectivity index (χ1n) is 4.34. The fraction of sp³-hybridized carbons (Fsp3) is 0.444. The highest BCUT2D eigenvalue weighted by molar-refractivity contribution is 7.10. The lowest BCUT2D eigenvalue weighted by molar-refractivity contribution is -0.427. The number of nitrogens with zero attached hydrogens (tertiary/aromatic N) is 2. The van der Waals surface area contributed by atoms with Crippen LogP contribution in [0.15, 0.2) is 17.3 Å². The zero-order chi connectivity index (χ0) is 10.6. The van der Waals surface area contributed by atoms with E-state index in [-0.39, 0.29) is 16.5 Å². The molecule has 0 N–H and O–H groups in total. The molecule has 0 aliphatic rings. The molecule has 0 saturated carbocycles. The molecule has 0 amide bonds. The van der Waals surface area contributed by atoms with Crippen molar-refractivity contribution >= 4 is 17.4 Å². The number of aromatic nitrogens is 1. The Morgan fingerprint density at radius 3 is 2.93 bits per heavy atom. The Kier molecular flexibility index (Phi) is 3.76. The number of rotatable bonds is 4. The van der Waals surface area contributed by atoms with Crippen LogP contribution in [0.25, 0.3) is 6.08 Å². The number of thiazole rings is 1. The van der Waals surface area contributed by atoms with Crippen molar-refractivity contribution in [2.75, 3.05) is 0 Å². The van der Waals surface area contributed by atoms with Crippen LogP contribution >= 0.6 is 11.3 Å². The summed E-state index contributed by atoms with van der Waals surface area (Å²) >= 11 is 1.40. The molecule has 0 fully saturated rings. The van der Waals surface area contributed by atoms with E-state index in [2.05, 4.69) is 4.98 Å². The molecule has 1 aromatic rings. The summed E-state index contributed by atoms with van der Waals surface area (Å²) in [6.07, 6.45) is 3.67. The molecule has 1 rings (SSSR count). The predicted octanol–water partition coefficient (Wildman–Crippen LogP) is 2.81. The molecule has 5 heteroatoms. The van der Waals surface area contributed by atoms with Crippen LogP contribution in [-0.2, 0) is 0 Å². The third kappa shape index (κ3) is 3.26. The van der Waals surface area contributed by atoms with Gasteiger partial charge in [0.2, 0.25) is 5.70 Å². The molecule has 14 heavy (non-hydrogen) atoms. The summed E-state index contributed by atoms with van der Waals surface area (Å²) in [7, 11) is 0. The van der Waals surface area contributed by atoms with Gasteiger partial charge in [-0.1, -0.05) is 13.8 Å². The van der Waals surface area contributed by atoms with E-state index in [0.717, 1.165) is 0 Å². The van der Waals surface area contributed by atoms with Crippen LogP contribution in [0.1, 0.15) is 25.3 Å². The third-order valence-electron chi connectivity index (χ3n) is 1.59. The molecule has 0 aliphatic carbocycles. The minimum atomic E-state index is -0.332. The summed E-state index contributed by atoms with van der Waals surface area (Å²) in [5.74, 6) is 0.284. The highest BCUT2D eigenvalue weighted by Crippen LogP contribution is 2.16. The average molecular weight is 212 g/mol. The van der Waals surface area contributed by atoms with Gasteiger partial charge in [-0.2, -0.15) is 0 Å². The fourth-order valence-electron chi connectivity index (χ4n) is 1.05. The monoisotopic (exact) mass is 212 g/mol. The minimum absolute atomic E-state index is 0.231. The van der Waals surface area contributed by atoms with Crippen molar-refractivity contribution in [1.82, 2.24) is 4.98 Å². The molecule has 1 heterocycles. The van der Waals surface area contributed by atoms with E-state index in [1.165, 1.54) is 11.3 Å². The van der Waals surface area contributed by atoms with E-state index in [9.17, 15) is 10.1 Å². The largest absolute Gasteiger partial charge is 0.259 e. The number of hydrogen-bond donors (Lipinski definition) is 0. The van der Waals surface area contributed by atoms with Gasteiger partial charge in [-0.05, 0) is 5.92 Å². The lowest BCUT2D eigenvalue weighted by Crippen LogP contribution is -2.02. The molecular weight excluding hydrogens is 200 g/mol. The molecule has 1 aromatic heterocycles. The molecule has 0 radical (unpaired) electrons. The van der Waals surface area contributed by atoms with Gasteiger partial charge in [-0.25, -0.2) is 4.98 Å². The van der Waals surface area contributed by atoms with Gasteiger partial charge < -0.3 is 0 Å². The Morgan fingerprint density at radius 1 is 1.79 bits per heavy atom. The third-order valence-corrected chi connectivity index (χ3v) is 2.32. The summed E-state index contributed by atoms with van der Waals surface area (Å²) in [5.41, 5.74) is 0.231. The van der Waals surface area contributed by atoms with E-state index in [1.807, 2.05) is 13.8 Å². The molecule has 0 unspecified atom stereocenters. The number of hydrogen-bond acceptors (Lipinski definition) is 4. The van der Waals surface area contributed by atoms with Gasteiger partial charge >= 0.3 is 0 Å². The predicted molar refractivity (Wildman–Crippen MR) is 56.5 cm³/mol. The first-order valence-corrected chi connectivity index (χ1v) is 5.22. The van der Waals surface area contributed by atoms with Crippen LogP contribution in [0.4, 0.5) is 0 Å². The molecule has 0 aromatic carbocycles. The first-order chi connectivity index (χ1) is 6.59. The van der Waals surface area contributed by atoms with Crippen molar-refractivity contribution in [3.63, 3.8) is 0 Å². The second-order valence-corrected chi connectivity index (χ2v) is 4.29. The molecule has 0 saturated heterocycles. The van der Waals surface area contributed by atoms with Gasteiger partial charge in [0.15, 0.2) is 0 Å². The van der Waals surface area contributed by atoms with E-state index in [1.54, 1.807) is 17.7 Å². The highest BCUT2D eigenvalue weighted by atomic mass is 32.1. The van der Waals surface area contributed by atoms with Gasteiger partial charge in [0, 0.05) is 24.1 Å². The van der Waals surface area contributed by atoms with Gasteiger partial charge in [-0.15, -0.1) is 11.3 Å². The smallest absolute Gasteiger partial charge is 0.249 e. The summed E-state index contributed by atoms with van der Waals surface area (Å²) in [4.78, 5) is 14.3. The van der Waals surface area contributed by atoms with Gasteiger partial charge in [0.25, 0.3) is 0 Å². The molecule has 0 atom stereocenters. The molecule has 0 aliphatic heterocycles. The van der Waals surface area contributed by atoms with Crippen molar-refractivity contribution in [2.45, 2.75) is 20.3 Å². The first kappa shape index (κ1) is 10.8. The van der Waals surface area contributed by atoms with Crippen LogP contribution in [0.3, 0.4) is 0 Å². The molecule has 0 spiro atoms. The van der Waals surface area contributed by atoms with E-state index in [4.69, 9.17) is 0 Å². The lowest BCUT2D eigenvalue weighted by atomic mass is 10.1. The summed E-state index contributed by atoms with van der Waals surface area (Å²) in [6.45, 7) is 3.92. The van der Waals surface area contributed by atoms with Crippen molar-refractivity contribution in [3.05, 3.63) is 32.4 Å². The second-order valence-electron chi connectivity index (χ2n) is 3.36. The fourth-order valence-corrected chi connectivity index (χ4v) is 1.64. The SMILES string of the molecule is CC(C)C/C(=C/c1nccs1)[N+](=O)[O-]. The van der Waals surface area contributed by atoms with Crippen molar-refractivity contribution in [3.8, 4) is 0 Å². The maximum Gasteiger partial charge on any atom is 0.249 e. The van der Waals surface area contributed by atoms with Crippen molar-refractivity contribution < 1.29 is 4.92 Å². The quantitative estimate of drug-likeness (QED) is 0.569. The van der Waals surface area contributed by atoms with E-state index < -0.39 is 0 Å². The molecule has 4 nitrogen and oxygen atoms in total. The maximum absolute atomic E-state index is 10.7. The number of nitro groups is 1. The second kappa shape index (κ2) is 4.85. The molecule has 0 bridgehead atoms. The Bertz CT molecular complexity index is 331. The Balaban J connectivity index is 2.82. The summed E-state index contributed by atoms with van der Waals surface area (Å²) < 4.78 is 0. The minimum Gasteiger partial charge on any atom is -0.259 e. The van der Waals surface area contributed by atoms with Crippen LogP contribution in [0.2, 0.25) is 0 Å². The highest BCUT2D eigenvalue weighted by Gasteiger charge is 2.13. The van der Waals surface area contributed by atoms with Gasteiger partial charge in [0.05, 0.1) is 4.92 Å². The van der Waals surface area contributed by atoms with Crippen molar-refractivity contribution in [2.24, 2.45) is 5.92 Å². The summed E-state index contributed by atoms with van der Waals surface area (Å²) in [6, 6.07) is 0. The topological polar surface area (TPSA) is 56.0 Å². The lowest BCUT2D eigenvalue weighted by Gasteiger charge is -2.00. The average Bonchev–Trinajstić information content (AvgIpc) is 2.54. The zero-order valence-corrected chi connectivity index (χ0v) is 8.95. The van der Waals surface area contributed by atoms with Crippen LogP contribution in [0, 0.1) is 16.0 Å². The van der Waals surface area contributed by atoms with E-state index >= 15 is 0 Å². The van der Waals surface area contributed by atoms with Crippen LogP contribution in [0.5, 0.6) is 0 Å². The molecule has 76 valence electrons. The van der Waals surface area contributed by atoms with E-state index in [0.29, 0.717) is 11.4 Å². The molecular formula is C9H12N2O2S. The Morgan fingerprint density at radius 2 is 2.50 bits per heavy atom. The van der Waals surface area contributed by atoms with Crippen LogP contribution in [-0.4, -0.2) is 9.91 Å². The zero-order valence-electron chi connectivity index (χ0n) is 8.14. The standard InChI is InChI=1S/C9H12N2O2S/c1-7(2)5-8(11(12)13)6-9-10-3-4-14-9/h3-4,6-7H,5H2,1-2H3/b8-6-. The van der Waals surface area contributed by atoms with Crippen molar-refractivity contribution in [1.29, 1.82) is 0 Å². The Hall–Kier alpha value is -1.23. The number of allylic oxidation sites excluding steroid dienone is 1. The normalized spacial score (nSPS) is 12.1.